The molecule has 0 spiro atoms. The Bertz CT molecular complexity index is 921. The SMILES string of the molecule is CC1CCCC(NC(=O)COC(=O)c2nn(C)c(=O)c3ccccc23)C1C. The molecule has 2 aromatic rings. The highest BCUT2D eigenvalue weighted by molar-refractivity contribution is 6.02. The van der Waals surface area contributed by atoms with Gasteiger partial charge in [-0.15, -0.1) is 0 Å². The number of ether oxygens (including phenoxy) is 1. The van der Waals surface area contributed by atoms with Crippen molar-refractivity contribution in [3.05, 3.63) is 40.3 Å². The lowest BCUT2D eigenvalue weighted by Crippen LogP contribution is -2.45. The lowest BCUT2D eigenvalue weighted by Gasteiger charge is -2.34. The molecular weight excluding hydrogens is 346 g/mol. The van der Waals surface area contributed by atoms with Crippen LogP contribution in [0.25, 0.3) is 10.8 Å². The van der Waals surface area contributed by atoms with Crippen LogP contribution in [0.15, 0.2) is 29.1 Å². The summed E-state index contributed by atoms with van der Waals surface area (Å²) in [5.74, 6) is -0.0779. The third-order valence-corrected chi connectivity index (χ3v) is 5.54. The van der Waals surface area contributed by atoms with Gasteiger partial charge in [0, 0.05) is 18.5 Å². The maximum Gasteiger partial charge on any atom is 0.359 e. The molecule has 1 fully saturated rings. The number of rotatable bonds is 4. The van der Waals surface area contributed by atoms with Crippen LogP contribution in [0.1, 0.15) is 43.6 Å². The molecule has 7 heteroatoms. The summed E-state index contributed by atoms with van der Waals surface area (Å²) in [4.78, 5) is 36.8. The van der Waals surface area contributed by atoms with Crippen LogP contribution in [0.5, 0.6) is 0 Å². The van der Waals surface area contributed by atoms with Crippen molar-refractivity contribution in [3.8, 4) is 0 Å². The number of aryl methyl sites for hydroxylation is 1. The van der Waals surface area contributed by atoms with Crippen molar-refractivity contribution < 1.29 is 14.3 Å². The van der Waals surface area contributed by atoms with Gasteiger partial charge in [0.1, 0.15) is 0 Å². The molecule has 0 saturated heterocycles. The van der Waals surface area contributed by atoms with Gasteiger partial charge in [0.05, 0.1) is 5.39 Å². The molecular formula is C20H25N3O4. The summed E-state index contributed by atoms with van der Waals surface area (Å²) < 4.78 is 6.27. The first-order valence-corrected chi connectivity index (χ1v) is 9.31. The summed E-state index contributed by atoms with van der Waals surface area (Å²) in [5.41, 5.74) is -0.263. The minimum Gasteiger partial charge on any atom is -0.451 e. The van der Waals surface area contributed by atoms with Crippen molar-refractivity contribution in [2.24, 2.45) is 18.9 Å². The van der Waals surface area contributed by atoms with E-state index in [1.807, 2.05) is 0 Å². The van der Waals surface area contributed by atoms with Gasteiger partial charge in [-0.2, -0.15) is 5.10 Å². The Morgan fingerprint density at radius 2 is 1.93 bits per heavy atom. The fourth-order valence-electron chi connectivity index (χ4n) is 3.68. The molecule has 1 amide bonds. The lowest BCUT2D eigenvalue weighted by molar-refractivity contribution is -0.125. The molecule has 1 aromatic carbocycles. The first-order valence-electron chi connectivity index (χ1n) is 9.31. The molecule has 0 aliphatic heterocycles. The molecule has 1 aromatic heterocycles. The second-order valence-corrected chi connectivity index (χ2v) is 7.34. The third-order valence-electron chi connectivity index (χ3n) is 5.54. The van der Waals surface area contributed by atoms with E-state index in [-0.39, 0.29) is 29.8 Å². The Labute approximate surface area is 157 Å². The monoisotopic (exact) mass is 371 g/mol. The normalized spacial score (nSPS) is 22.4. The van der Waals surface area contributed by atoms with Gasteiger partial charge in [0.2, 0.25) is 0 Å². The molecule has 3 atom stereocenters. The van der Waals surface area contributed by atoms with Gasteiger partial charge >= 0.3 is 5.97 Å². The number of esters is 1. The number of carbonyl (C=O) groups excluding carboxylic acids is 2. The predicted molar refractivity (Wildman–Crippen MR) is 101 cm³/mol. The lowest BCUT2D eigenvalue weighted by atomic mass is 9.78. The number of nitrogens with zero attached hydrogens (tertiary/aromatic N) is 2. The first kappa shape index (κ1) is 19.1. The summed E-state index contributed by atoms with van der Waals surface area (Å²) in [6.07, 6.45) is 3.20. The minimum atomic E-state index is -0.720. The van der Waals surface area contributed by atoms with Crippen LogP contribution in [0.4, 0.5) is 0 Å². The predicted octanol–water partition coefficient (Wildman–Crippen LogP) is 2.03. The number of amides is 1. The number of hydrogen-bond donors (Lipinski definition) is 1. The zero-order valence-electron chi connectivity index (χ0n) is 15.9. The van der Waals surface area contributed by atoms with Crippen molar-refractivity contribution in [1.82, 2.24) is 15.1 Å². The van der Waals surface area contributed by atoms with E-state index in [1.54, 1.807) is 24.3 Å². The van der Waals surface area contributed by atoms with Crippen molar-refractivity contribution in [2.75, 3.05) is 6.61 Å². The second-order valence-electron chi connectivity index (χ2n) is 7.34. The molecule has 1 N–H and O–H groups in total. The molecule has 1 aliphatic rings. The highest BCUT2D eigenvalue weighted by atomic mass is 16.5. The minimum absolute atomic E-state index is 0.0279. The van der Waals surface area contributed by atoms with Gasteiger partial charge in [-0.3, -0.25) is 9.59 Å². The molecule has 0 radical (unpaired) electrons. The number of fused-ring (bicyclic) bond motifs is 1. The number of nitrogens with one attached hydrogen (secondary N) is 1. The Balaban J connectivity index is 1.68. The summed E-state index contributed by atoms with van der Waals surface area (Å²) in [5, 5.41) is 7.79. The molecule has 3 rings (SSSR count). The average Bonchev–Trinajstić information content (AvgIpc) is 2.66. The summed E-state index contributed by atoms with van der Waals surface area (Å²) in [6, 6.07) is 6.83. The molecule has 0 bridgehead atoms. The quantitative estimate of drug-likeness (QED) is 0.831. The third kappa shape index (κ3) is 4.02. The van der Waals surface area contributed by atoms with Gasteiger partial charge in [0.25, 0.3) is 11.5 Å². The van der Waals surface area contributed by atoms with Crippen LogP contribution in [-0.2, 0) is 16.6 Å². The van der Waals surface area contributed by atoms with Crippen LogP contribution < -0.4 is 10.9 Å². The number of benzene rings is 1. The molecule has 144 valence electrons. The molecule has 1 saturated carbocycles. The van der Waals surface area contributed by atoms with Crippen molar-refractivity contribution >= 4 is 22.6 Å². The van der Waals surface area contributed by atoms with Crippen LogP contribution in [-0.4, -0.2) is 34.3 Å². The average molecular weight is 371 g/mol. The Morgan fingerprint density at radius 3 is 2.67 bits per heavy atom. The van der Waals surface area contributed by atoms with Gasteiger partial charge < -0.3 is 10.1 Å². The number of aromatic nitrogens is 2. The second kappa shape index (κ2) is 7.90. The zero-order chi connectivity index (χ0) is 19.6. The van der Waals surface area contributed by atoms with Crippen LogP contribution >= 0.6 is 0 Å². The fourth-order valence-corrected chi connectivity index (χ4v) is 3.68. The van der Waals surface area contributed by atoms with E-state index < -0.39 is 5.97 Å². The largest absolute Gasteiger partial charge is 0.451 e. The van der Waals surface area contributed by atoms with E-state index in [0.717, 1.165) is 17.5 Å². The van der Waals surface area contributed by atoms with E-state index in [4.69, 9.17) is 4.74 Å². The molecule has 27 heavy (non-hydrogen) atoms. The molecule has 1 aliphatic carbocycles. The van der Waals surface area contributed by atoms with Crippen molar-refractivity contribution in [2.45, 2.75) is 39.2 Å². The zero-order valence-corrected chi connectivity index (χ0v) is 15.9. The Hall–Kier alpha value is -2.70. The van der Waals surface area contributed by atoms with Crippen LogP contribution in [0, 0.1) is 11.8 Å². The maximum atomic E-state index is 12.5. The maximum absolute atomic E-state index is 12.5. The van der Waals surface area contributed by atoms with E-state index in [2.05, 4.69) is 24.3 Å². The molecule has 7 nitrogen and oxygen atoms in total. The number of carbonyl (C=O) groups is 2. The van der Waals surface area contributed by atoms with Crippen molar-refractivity contribution in [1.29, 1.82) is 0 Å². The van der Waals surface area contributed by atoms with Gasteiger partial charge in [-0.05, 0) is 24.3 Å². The summed E-state index contributed by atoms with van der Waals surface area (Å²) in [7, 11) is 1.48. The highest BCUT2D eigenvalue weighted by Gasteiger charge is 2.28. The van der Waals surface area contributed by atoms with E-state index >= 15 is 0 Å². The van der Waals surface area contributed by atoms with Gasteiger partial charge in [0.15, 0.2) is 12.3 Å². The Morgan fingerprint density at radius 1 is 1.22 bits per heavy atom. The fraction of sp³-hybridized carbons (Fsp3) is 0.500. The first-order chi connectivity index (χ1) is 12.9. The van der Waals surface area contributed by atoms with E-state index in [0.29, 0.717) is 22.6 Å². The van der Waals surface area contributed by atoms with Gasteiger partial charge in [-0.1, -0.05) is 44.9 Å². The van der Waals surface area contributed by atoms with Crippen molar-refractivity contribution in [3.63, 3.8) is 0 Å². The molecule has 1 heterocycles. The van der Waals surface area contributed by atoms with E-state index in [9.17, 15) is 14.4 Å². The smallest absolute Gasteiger partial charge is 0.359 e. The molecule has 3 unspecified atom stereocenters. The topological polar surface area (TPSA) is 90.3 Å². The van der Waals surface area contributed by atoms with Crippen LogP contribution in [0.3, 0.4) is 0 Å². The standard InChI is InChI=1S/C20H25N3O4/c1-12-7-6-10-16(13(12)2)21-17(24)11-27-20(26)18-14-8-4-5-9-15(14)19(25)23(3)22-18/h4-5,8-9,12-13,16H,6-7,10-11H2,1-3H3,(H,21,24). The summed E-state index contributed by atoms with van der Waals surface area (Å²) >= 11 is 0. The number of hydrogen-bond acceptors (Lipinski definition) is 5. The van der Waals surface area contributed by atoms with Gasteiger partial charge in [-0.25, -0.2) is 9.48 Å². The Kier molecular flexibility index (Phi) is 5.58. The van der Waals surface area contributed by atoms with Crippen LogP contribution in [0.2, 0.25) is 0 Å². The highest BCUT2D eigenvalue weighted by Crippen LogP contribution is 2.29. The van der Waals surface area contributed by atoms with E-state index in [1.165, 1.54) is 13.5 Å². The summed E-state index contributed by atoms with van der Waals surface area (Å²) in [6.45, 7) is 3.97.